The molecule has 0 saturated heterocycles. The highest BCUT2D eigenvalue weighted by molar-refractivity contribution is 5.82. The van der Waals surface area contributed by atoms with Crippen LogP contribution < -0.4 is 16.0 Å². The maximum Gasteiger partial charge on any atom is 0.220 e. The molecule has 0 aliphatic rings. The van der Waals surface area contributed by atoms with Crippen LogP contribution in [0.25, 0.3) is 0 Å². The van der Waals surface area contributed by atoms with E-state index >= 15 is 0 Å². The van der Waals surface area contributed by atoms with Crippen molar-refractivity contribution in [3.63, 3.8) is 0 Å². The number of hydrogen-bond donors (Lipinski definition) is 3. The molecule has 0 aliphatic carbocycles. The predicted octanol–water partition coefficient (Wildman–Crippen LogP) is -0.989. The lowest BCUT2D eigenvalue weighted by Crippen LogP contribution is -2.29. The standard InChI is InChI=1S/C10H19N3O3/c1-11-8(14)4-7(5-9(15)12-2)6-10(16)13-3/h7H,4-6H2,1-3H3,(H,11,14)(H,12,15)(H,13,16). The molecule has 3 N–H and O–H groups in total. The quantitative estimate of drug-likeness (QED) is 0.546. The molecule has 0 unspecified atom stereocenters. The van der Waals surface area contributed by atoms with Crippen molar-refractivity contribution in [2.24, 2.45) is 5.92 Å². The molecule has 3 amide bonds. The number of amides is 3. The summed E-state index contributed by atoms with van der Waals surface area (Å²) in [6.45, 7) is 0. The van der Waals surface area contributed by atoms with Crippen LogP contribution in [0.4, 0.5) is 0 Å². The third-order valence-corrected chi connectivity index (χ3v) is 2.26. The second kappa shape index (κ2) is 7.67. The Balaban J connectivity index is 4.31. The molecular weight excluding hydrogens is 210 g/mol. The van der Waals surface area contributed by atoms with E-state index in [1.807, 2.05) is 0 Å². The van der Waals surface area contributed by atoms with Gasteiger partial charge in [0.1, 0.15) is 0 Å². The Morgan fingerprint density at radius 3 is 1.19 bits per heavy atom. The van der Waals surface area contributed by atoms with Gasteiger partial charge in [0.15, 0.2) is 0 Å². The van der Waals surface area contributed by atoms with Gasteiger partial charge in [0.2, 0.25) is 17.7 Å². The van der Waals surface area contributed by atoms with Crippen LogP contribution >= 0.6 is 0 Å². The molecule has 0 rings (SSSR count). The van der Waals surface area contributed by atoms with Gasteiger partial charge >= 0.3 is 0 Å². The third kappa shape index (κ3) is 6.00. The third-order valence-electron chi connectivity index (χ3n) is 2.26. The van der Waals surface area contributed by atoms with Crippen molar-refractivity contribution < 1.29 is 14.4 Å². The largest absolute Gasteiger partial charge is 0.359 e. The van der Waals surface area contributed by atoms with E-state index in [1.54, 1.807) is 0 Å². The summed E-state index contributed by atoms with van der Waals surface area (Å²) in [6.07, 6.45) is 0.534. The first kappa shape index (κ1) is 14.4. The fraction of sp³-hybridized carbons (Fsp3) is 0.700. The Morgan fingerprint density at radius 1 is 0.750 bits per heavy atom. The van der Waals surface area contributed by atoms with E-state index in [0.29, 0.717) is 0 Å². The second-order valence-electron chi connectivity index (χ2n) is 3.50. The smallest absolute Gasteiger partial charge is 0.220 e. The molecule has 0 atom stereocenters. The molecule has 0 aromatic carbocycles. The highest BCUT2D eigenvalue weighted by Crippen LogP contribution is 2.13. The Labute approximate surface area is 95.2 Å². The van der Waals surface area contributed by atoms with Crippen LogP contribution in [0.2, 0.25) is 0 Å². The van der Waals surface area contributed by atoms with Crippen LogP contribution in [0.5, 0.6) is 0 Å². The lowest BCUT2D eigenvalue weighted by Gasteiger charge is -2.14. The highest BCUT2D eigenvalue weighted by atomic mass is 16.2. The van der Waals surface area contributed by atoms with E-state index in [0.717, 1.165) is 0 Å². The molecule has 92 valence electrons. The Kier molecular flexibility index (Phi) is 6.91. The molecule has 0 fully saturated rings. The van der Waals surface area contributed by atoms with Gasteiger partial charge in [-0.2, -0.15) is 0 Å². The van der Waals surface area contributed by atoms with Crippen LogP contribution in [0.15, 0.2) is 0 Å². The van der Waals surface area contributed by atoms with Crippen molar-refractivity contribution in [3.8, 4) is 0 Å². The summed E-state index contributed by atoms with van der Waals surface area (Å²) in [5.74, 6) is -0.770. The average molecular weight is 229 g/mol. The van der Waals surface area contributed by atoms with Gasteiger partial charge in [-0.3, -0.25) is 14.4 Å². The van der Waals surface area contributed by atoms with E-state index in [9.17, 15) is 14.4 Å². The van der Waals surface area contributed by atoms with Gasteiger partial charge in [0.05, 0.1) is 0 Å². The lowest BCUT2D eigenvalue weighted by molar-refractivity contribution is -0.125. The van der Waals surface area contributed by atoms with Crippen molar-refractivity contribution in [2.75, 3.05) is 21.1 Å². The molecule has 0 spiro atoms. The molecule has 0 bridgehead atoms. The molecule has 0 heterocycles. The molecule has 16 heavy (non-hydrogen) atoms. The van der Waals surface area contributed by atoms with Gasteiger partial charge in [0.25, 0.3) is 0 Å². The lowest BCUT2D eigenvalue weighted by atomic mass is 9.96. The molecule has 0 aromatic rings. The Bertz CT molecular complexity index is 223. The summed E-state index contributed by atoms with van der Waals surface area (Å²) >= 11 is 0. The first-order valence-corrected chi connectivity index (χ1v) is 5.15. The maximum absolute atomic E-state index is 11.2. The summed E-state index contributed by atoms with van der Waals surface area (Å²) < 4.78 is 0. The first-order valence-electron chi connectivity index (χ1n) is 5.15. The topological polar surface area (TPSA) is 87.3 Å². The van der Waals surface area contributed by atoms with Gasteiger partial charge in [-0.25, -0.2) is 0 Å². The summed E-state index contributed by atoms with van der Waals surface area (Å²) in [4.78, 5) is 33.6. The summed E-state index contributed by atoms with van der Waals surface area (Å²) in [6, 6.07) is 0. The summed E-state index contributed by atoms with van der Waals surface area (Å²) in [7, 11) is 4.58. The minimum Gasteiger partial charge on any atom is -0.359 e. The van der Waals surface area contributed by atoms with E-state index < -0.39 is 0 Å². The summed E-state index contributed by atoms with van der Waals surface area (Å²) in [5.41, 5.74) is 0. The fourth-order valence-electron chi connectivity index (χ4n) is 1.31. The zero-order valence-corrected chi connectivity index (χ0v) is 9.92. The van der Waals surface area contributed by atoms with Gasteiger partial charge in [-0.05, 0) is 5.92 Å². The fourth-order valence-corrected chi connectivity index (χ4v) is 1.31. The van der Waals surface area contributed by atoms with E-state index in [2.05, 4.69) is 16.0 Å². The molecule has 6 heteroatoms. The van der Waals surface area contributed by atoms with Gasteiger partial charge in [0, 0.05) is 40.4 Å². The SMILES string of the molecule is CNC(=O)CC(CC(=O)NC)CC(=O)NC. The molecule has 0 saturated carbocycles. The predicted molar refractivity (Wildman–Crippen MR) is 59.5 cm³/mol. The van der Waals surface area contributed by atoms with E-state index in [-0.39, 0.29) is 42.9 Å². The van der Waals surface area contributed by atoms with Crippen LogP contribution in [-0.2, 0) is 14.4 Å². The Hall–Kier alpha value is -1.59. The van der Waals surface area contributed by atoms with E-state index in [4.69, 9.17) is 0 Å². The minimum absolute atomic E-state index is 0.169. The van der Waals surface area contributed by atoms with Crippen LogP contribution in [0.1, 0.15) is 19.3 Å². The number of carbonyl (C=O) groups excluding carboxylic acids is 3. The first-order chi connectivity index (χ1) is 7.53. The van der Waals surface area contributed by atoms with Crippen molar-refractivity contribution in [1.82, 2.24) is 16.0 Å². The number of hydrogen-bond acceptors (Lipinski definition) is 3. The van der Waals surface area contributed by atoms with E-state index in [1.165, 1.54) is 21.1 Å². The maximum atomic E-state index is 11.2. The molecule has 0 aliphatic heterocycles. The van der Waals surface area contributed by atoms with Crippen LogP contribution in [0.3, 0.4) is 0 Å². The Morgan fingerprint density at radius 2 is 1.00 bits per heavy atom. The highest BCUT2D eigenvalue weighted by Gasteiger charge is 2.19. The normalized spacial score (nSPS) is 9.75. The van der Waals surface area contributed by atoms with Crippen LogP contribution in [-0.4, -0.2) is 38.9 Å². The van der Waals surface area contributed by atoms with Crippen molar-refractivity contribution in [3.05, 3.63) is 0 Å². The molecule has 0 radical (unpaired) electrons. The second-order valence-corrected chi connectivity index (χ2v) is 3.50. The minimum atomic E-state index is -0.264. The van der Waals surface area contributed by atoms with Crippen LogP contribution in [0, 0.1) is 5.92 Å². The zero-order valence-electron chi connectivity index (χ0n) is 9.92. The van der Waals surface area contributed by atoms with Crippen molar-refractivity contribution in [2.45, 2.75) is 19.3 Å². The van der Waals surface area contributed by atoms with Crippen molar-refractivity contribution >= 4 is 17.7 Å². The molecular formula is C10H19N3O3. The van der Waals surface area contributed by atoms with Crippen molar-refractivity contribution in [1.29, 1.82) is 0 Å². The number of nitrogens with one attached hydrogen (secondary N) is 3. The summed E-state index contributed by atoms with van der Waals surface area (Å²) in [5, 5.41) is 7.43. The van der Waals surface area contributed by atoms with Gasteiger partial charge in [-0.1, -0.05) is 0 Å². The number of carbonyl (C=O) groups is 3. The zero-order chi connectivity index (χ0) is 12.6. The van der Waals surface area contributed by atoms with Gasteiger partial charge in [-0.15, -0.1) is 0 Å². The average Bonchev–Trinajstić information content (AvgIpc) is 2.28. The molecule has 0 aromatic heterocycles. The molecule has 6 nitrogen and oxygen atoms in total. The van der Waals surface area contributed by atoms with Gasteiger partial charge < -0.3 is 16.0 Å². The number of rotatable bonds is 6. The monoisotopic (exact) mass is 229 g/mol.